The molecule has 0 unspecified atom stereocenters. The maximum Gasteiger partial charge on any atom is 0.268 e. The zero-order chi connectivity index (χ0) is 20.2. The Morgan fingerprint density at radius 3 is 2.67 bits per heavy atom. The molecule has 0 radical (unpaired) electrons. The number of aromatic nitrogens is 2. The third-order valence-corrected chi connectivity index (χ3v) is 7.06. The summed E-state index contributed by atoms with van der Waals surface area (Å²) in [6.45, 7) is 1.49. The highest BCUT2D eigenvalue weighted by molar-refractivity contribution is 9.10. The molecule has 1 heterocycles. The van der Waals surface area contributed by atoms with Crippen molar-refractivity contribution in [3.8, 4) is 6.07 Å². The predicted octanol–water partition coefficient (Wildman–Crippen LogP) is 2.71. The molecule has 0 atom stereocenters. The van der Waals surface area contributed by atoms with Gasteiger partial charge in [0.2, 0.25) is 19.3 Å². The van der Waals surface area contributed by atoms with E-state index in [1.807, 2.05) is 31.1 Å². The van der Waals surface area contributed by atoms with Gasteiger partial charge in [0.05, 0.1) is 11.4 Å². The van der Waals surface area contributed by atoms with Crippen LogP contribution >= 0.6 is 27.3 Å². The van der Waals surface area contributed by atoms with E-state index in [2.05, 4.69) is 31.4 Å². The Kier molecular flexibility index (Phi) is 6.69. The number of hydrogen-bond acceptors (Lipinski definition) is 8. The van der Waals surface area contributed by atoms with Crippen molar-refractivity contribution in [3.05, 3.63) is 33.8 Å². The molecule has 8 nitrogen and oxygen atoms in total. The molecule has 0 spiro atoms. The summed E-state index contributed by atoms with van der Waals surface area (Å²) in [6.07, 6.45) is 1.43. The fourth-order valence-electron chi connectivity index (χ4n) is 1.96. The van der Waals surface area contributed by atoms with E-state index in [1.54, 1.807) is 12.1 Å². The van der Waals surface area contributed by atoms with Crippen LogP contribution in [0.15, 0.2) is 32.6 Å². The molecule has 0 fully saturated rings. The largest absolute Gasteiger partial charge is 0.377 e. The number of nitrogens with zero attached hydrogens (tertiary/aromatic N) is 4. The standard InChI is InChI=1S/C16H16BrN5O3S2/c1-4-27(24,25)16-21-20-15(26-16)19-14(23)11(9-18)7-10-5-6-13(22(2)3)12(17)8-10/h5-8H,4H2,1-3H3,(H,19,20,23). The molecule has 11 heteroatoms. The predicted molar refractivity (Wildman–Crippen MR) is 108 cm³/mol. The van der Waals surface area contributed by atoms with Crippen molar-refractivity contribution in [1.29, 1.82) is 5.26 Å². The molecule has 1 aromatic heterocycles. The van der Waals surface area contributed by atoms with Crippen molar-refractivity contribution in [2.75, 3.05) is 30.1 Å². The van der Waals surface area contributed by atoms with Gasteiger partial charge < -0.3 is 4.90 Å². The highest BCUT2D eigenvalue weighted by Crippen LogP contribution is 2.27. The van der Waals surface area contributed by atoms with Crippen molar-refractivity contribution >= 4 is 59.9 Å². The van der Waals surface area contributed by atoms with Crippen LogP contribution in [0.2, 0.25) is 0 Å². The minimum atomic E-state index is -3.50. The highest BCUT2D eigenvalue weighted by Gasteiger charge is 2.20. The van der Waals surface area contributed by atoms with Crippen molar-refractivity contribution in [3.63, 3.8) is 0 Å². The summed E-state index contributed by atoms with van der Waals surface area (Å²) in [5.41, 5.74) is 1.47. The summed E-state index contributed by atoms with van der Waals surface area (Å²) in [4.78, 5) is 14.2. The van der Waals surface area contributed by atoms with Gasteiger partial charge in [0.25, 0.3) is 5.91 Å². The lowest BCUT2D eigenvalue weighted by Crippen LogP contribution is -2.13. The zero-order valence-corrected chi connectivity index (χ0v) is 17.9. The fourth-order valence-corrected chi connectivity index (χ4v) is 4.70. The molecule has 2 aromatic rings. The van der Waals surface area contributed by atoms with E-state index in [-0.39, 0.29) is 20.8 Å². The molecule has 27 heavy (non-hydrogen) atoms. The third kappa shape index (κ3) is 5.12. The lowest BCUT2D eigenvalue weighted by Gasteiger charge is -2.14. The first-order valence-electron chi connectivity index (χ1n) is 7.64. The first kappa shape index (κ1) is 21.0. The van der Waals surface area contributed by atoms with Gasteiger partial charge in [0.1, 0.15) is 11.6 Å². The van der Waals surface area contributed by atoms with Gasteiger partial charge in [-0.05, 0) is 39.7 Å². The van der Waals surface area contributed by atoms with Gasteiger partial charge in [0.15, 0.2) is 0 Å². The Hall–Kier alpha value is -2.29. The normalized spacial score (nSPS) is 11.7. The molecular formula is C16H16BrN5O3S2. The van der Waals surface area contributed by atoms with E-state index in [9.17, 15) is 18.5 Å². The quantitative estimate of drug-likeness (QED) is 0.392. The summed E-state index contributed by atoms with van der Waals surface area (Å²) in [5.74, 6) is -0.807. The molecule has 1 N–H and O–H groups in total. The van der Waals surface area contributed by atoms with Crippen LogP contribution in [-0.4, -0.2) is 44.4 Å². The second-order valence-electron chi connectivity index (χ2n) is 5.51. The summed E-state index contributed by atoms with van der Waals surface area (Å²) in [6, 6.07) is 7.26. The fraction of sp³-hybridized carbons (Fsp3) is 0.250. The average molecular weight is 470 g/mol. The number of carbonyl (C=O) groups excluding carboxylic acids is 1. The zero-order valence-electron chi connectivity index (χ0n) is 14.7. The summed E-state index contributed by atoms with van der Waals surface area (Å²) < 4.78 is 24.2. The maximum atomic E-state index is 12.3. The van der Waals surface area contributed by atoms with Gasteiger partial charge in [0, 0.05) is 18.6 Å². The number of amides is 1. The van der Waals surface area contributed by atoms with Crippen molar-refractivity contribution in [2.24, 2.45) is 0 Å². The van der Waals surface area contributed by atoms with Gasteiger partial charge in [-0.3, -0.25) is 10.1 Å². The Balaban J connectivity index is 2.23. The van der Waals surface area contributed by atoms with E-state index in [0.717, 1.165) is 21.5 Å². The molecule has 0 saturated carbocycles. The molecule has 0 bridgehead atoms. The topological polar surface area (TPSA) is 116 Å². The smallest absolute Gasteiger partial charge is 0.268 e. The molecule has 1 aromatic carbocycles. The van der Waals surface area contributed by atoms with Crippen LogP contribution in [-0.2, 0) is 14.6 Å². The number of sulfone groups is 1. The molecule has 1 amide bonds. The molecule has 0 aliphatic carbocycles. The van der Waals surface area contributed by atoms with Crippen molar-refractivity contribution < 1.29 is 13.2 Å². The van der Waals surface area contributed by atoms with E-state index in [0.29, 0.717) is 5.56 Å². The number of rotatable bonds is 6. The molecule has 0 saturated heterocycles. The van der Waals surface area contributed by atoms with Gasteiger partial charge in [-0.2, -0.15) is 5.26 Å². The van der Waals surface area contributed by atoms with Crippen molar-refractivity contribution in [1.82, 2.24) is 10.2 Å². The summed E-state index contributed by atoms with van der Waals surface area (Å²) in [7, 11) is 0.305. The number of anilines is 2. The number of halogens is 1. The highest BCUT2D eigenvalue weighted by atomic mass is 79.9. The second kappa shape index (κ2) is 8.60. The summed E-state index contributed by atoms with van der Waals surface area (Å²) in [5, 5.41) is 18.9. The van der Waals surface area contributed by atoms with Crippen LogP contribution in [0.25, 0.3) is 6.08 Å². The first-order valence-corrected chi connectivity index (χ1v) is 10.9. The second-order valence-corrected chi connectivity index (χ2v) is 9.79. The molecule has 0 aliphatic heterocycles. The Morgan fingerprint density at radius 2 is 2.11 bits per heavy atom. The van der Waals surface area contributed by atoms with Crippen LogP contribution in [0.5, 0.6) is 0 Å². The van der Waals surface area contributed by atoms with Crippen molar-refractivity contribution in [2.45, 2.75) is 11.3 Å². The van der Waals surface area contributed by atoms with Gasteiger partial charge in [-0.1, -0.05) is 24.3 Å². The Labute approximate surface area is 169 Å². The van der Waals surface area contributed by atoms with Crippen LogP contribution in [0.1, 0.15) is 12.5 Å². The van der Waals surface area contributed by atoms with E-state index in [1.165, 1.54) is 13.0 Å². The SMILES string of the molecule is CCS(=O)(=O)c1nnc(NC(=O)C(C#N)=Cc2ccc(N(C)C)c(Br)c2)s1. The monoisotopic (exact) mass is 469 g/mol. The van der Waals surface area contributed by atoms with Crippen LogP contribution in [0, 0.1) is 11.3 Å². The number of benzene rings is 1. The molecule has 2 rings (SSSR count). The molecule has 0 aliphatic rings. The van der Waals surface area contributed by atoms with Gasteiger partial charge in [-0.25, -0.2) is 8.42 Å². The Bertz CT molecular complexity index is 1040. The third-order valence-electron chi connectivity index (χ3n) is 3.40. The number of hydrogen-bond donors (Lipinski definition) is 1. The number of carbonyl (C=O) groups is 1. The number of nitrogens with one attached hydrogen (secondary N) is 1. The van der Waals surface area contributed by atoms with Gasteiger partial charge >= 0.3 is 0 Å². The minimum absolute atomic E-state index is 0.0114. The van der Waals surface area contributed by atoms with E-state index in [4.69, 9.17) is 0 Å². The van der Waals surface area contributed by atoms with Crippen LogP contribution < -0.4 is 10.2 Å². The summed E-state index contributed by atoms with van der Waals surface area (Å²) >= 11 is 4.19. The lowest BCUT2D eigenvalue weighted by atomic mass is 10.1. The van der Waals surface area contributed by atoms with Crippen LogP contribution in [0.4, 0.5) is 10.8 Å². The van der Waals surface area contributed by atoms with Crippen LogP contribution in [0.3, 0.4) is 0 Å². The maximum absolute atomic E-state index is 12.3. The lowest BCUT2D eigenvalue weighted by molar-refractivity contribution is -0.112. The van der Waals surface area contributed by atoms with E-state index >= 15 is 0 Å². The first-order chi connectivity index (χ1) is 12.7. The molecular weight excluding hydrogens is 454 g/mol. The Morgan fingerprint density at radius 1 is 1.41 bits per heavy atom. The van der Waals surface area contributed by atoms with Gasteiger partial charge in [-0.15, -0.1) is 10.2 Å². The number of nitriles is 1. The molecule has 142 valence electrons. The average Bonchev–Trinajstić information content (AvgIpc) is 3.08. The van der Waals surface area contributed by atoms with E-state index < -0.39 is 15.7 Å². The minimum Gasteiger partial charge on any atom is -0.377 e.